The molecule has 2 aliphatic rings. The van der Waals surface area contributed by atoms with Crippen LogP contribution >= 0.6 is 11.6 Å². The molecule has 1 aromatic rings. The van der Waals surface area contributed by atoms with Crippen LogP contribution in [0.3, 0.4) is 0 Å². The zero-order chi connectivity index (χ0) is 19.1. The highest BCUT2D eigenvalue weighted by molar-refractivity contribution is 6.31. The summed E-state index contributed by atoms with van der Waals surface area (Å²) >= 11 is 6.32. The minimum absolute atomic E-state index is 0.512. The molecule has 0 amide bonds. The third-order valence-corrected chi connectivity index (χ3v) is 6.23. The van der Waals surface area contributed by atoms with Crippen LogP contribution in [0.2, 0.25) is 5.02 Å². The maximum absolute atomic E-state index is 6.32. The molecule has 150 valence electrons. The number of hydrogen-bond donors (Lipinski definition) is 2. The highest BCUT2D eigenvalue weighted by Crippen LogP contribution is 2.26. The number of nitrogens with zero attached hydrogens (tertiary/aromatic N) is 2. The second-order valence-electron chi connectivity index (χ2n) is 7.60. The second-order valence-corrected chi connectivity index (χ2v) is 8.01. The Kier molecular flexibility index (Phi) is 7.65. The Morgan fingerprint density at radius 1 is 1.22 bits per heavy atom. The number of nitrogens with one attached hydrogen (secondary N) is 2. The van der Waals surface area contributed by atoms with Gasteiger partial charge in [-0.3, -0.25) is 4.99 Å². The lowest BCUT2D eigenvalue weighted by atomic mass is 10.0. The summed E-state index contributed by atoms with van der Waals surface area (Å²) in [4.78, 5) is 7.09. The van der Waals surface area contributed by atoms with Gasteiger partial charge in [0.2, 0.25) is 0 Å². The van der Waals surface area contributed by atoms with E-state index in [1.807, 2.05) is 25.2 Å². The van der Waals surface area contributed by atoms with Crippen LogP contribution in [0.5, 0.6) is 5.75 Å². The number of hydrogen-bond acceptors (Lipinski definition) is 3. The summed E-state index contributed by atoms with van der Waals surface area (Å²) in [5, 5.41) is 7.77. The minimum Gasteiger partial charge on any atom is -0.497 e. The SMILES string of the molecule is CN=C(NCCc1ccc(OC)cc1Cl)NC1CCN(C2CCCC2)CC1. The van der Waals surface area contributed by atoms with Crippen molar-refractivity contribution in [1.29, 1.82) is 0 Å². The summed E-state index contributed by atoms with van der Waals surface area (Å²) in [6.07, 6.45) is 8.87. The van der Waals surface area contributed by atoms with E-state index in [0.717, 1.165) is 41.3 Å². The molecule has 0 spiro atoms. The molecule has 2 N–H and O–H groups in total. The van der Waals surface area contributed by atoms with Crippen molar-refractivity contribution < 1.29 is 4.74 Å². The van der Waals surface area contributed by atoms with Crippen LogP contribution in [0, 0.1) is 0 Å². The molecule has 1 aliphatic carbocycles. The summed E-state index contributed by atoms with van der Waals surface area (Å²) in [6.45, 7) is 3.22. The molecule has 0 atom stereocenters. The third kappa shape index (κ3) is 5.76. The molecule has 27 heavy (non-hydrogen) atoms. The molecule has 1 heterocycles. The second kappa shape index (κ2) is 10.2. The molecule has 0 unspecified atom stereocenters. The Morgan fingerprint density at radius 2 is 1.96 bits per heavy atom. The zero-order valence-corrected chi connectivity index (χ0v) is 17.4. The van der Waals surface area contributed by atoms with Gasteiger partial charge in [-0.1, -0.05) is 30.5 Å². The number of piperidine rings is 1. The number of aliphatic imine (C=N–C) groups is 1. The molecular weight excluding hydrogens is 360 g/mol. The van der Waals surface area contributed by atoms with Gasteiger partial charge < -0.3 is 20.3 Å². The number of benzene rings is 1. The van der Waals surface area contributed by atoms with Crippen LogP contribution in [0.1, 0.15) is 44.1 Å². The summed E-state index contributed by atoms with van der Waals surface area (Å²) in [6, 6.07) is 7.20. The number of rotatable bonds is 6. The highest BCUT2D eigenvalue weighted by Gasteiger charge is 2.27. The Morgan fingerprint density at radius 3 is 2.59 bits per heavy atom. The van der Waals surface area contributed by atoms with Gasteiger partial charge in [-0.05, 0) is 49.8 Å². The van der Waals surface area contributed by atoms with E-state index in [1.165, 1.54) is 51.6 Å². The van der Waals surface area contributed by atoms with Crippen LogP contribution < -0.4 is 15.4 Å². The molecule has 3 rings (SSSR count). The van der Waals surface area contributed by atoms with Crippen LogP contribution in [-0.4, -0.2) is 56.7 Å². The molecule has 1 aliphatic heterocycles. The van der Waals surface area contributed by atoms with Gasteiger partial charge >= 0.3 is 0 Å². The number of guanidine groups is 1. The van der Waals surface area contributed by atoms with Gasteiger partial charge in [0.1, 0.15) is 5.75 Å². The molecule has 1 aromatic carbocycles. The summed E-state index contributed by atoms with van der Waals surface area (Å²) < 4.78 is 5.20. The lowest BCUT2D eigenvalue weighted by molar-refractivity contribution is 0.150. The van der Waals surface area contributed by atoms with Gasteiger partial charge in [0, 0.05) is 43.8 Å². The first-order chi connectivity index (χ1) is 13.2. The van der Waals surface area contributed by atoms with Crippen molar-refractivity contribution in [3.63, 3.8) is 0 Å². The van der Waals surface area contributed by atoms with Gasteiger partial charge in [-0.25, -0.2) is 0 Å². The quantitative estimate of drug-likeness (QED) is 0.575. The molecular formula is C21H33ClN4O. The van der Waals surface area contributed by atoms with Gasteiger partial charge in [-0.2, -0.15) is 0 Å². The lowest BCUT2D eigenvalue weighted by Gasteiger charge is -2.36. The molecule has 0 radical (unpaired) electrons. The number of methoxy groups -OCH3 is 1. The van der Waals surface area contributed by atoms with Crippen LogP contribution in [0.15, 0.2) is 23.2 Å². The van der Waals surface area contributed by atoms with Gasteiger partial charge in [-0.15, -0.1) is 0 Å². The van der Waals surface area contributed by atoms with Crippen molar-refractivity contribution in [2.24, 2.45) is 4.99 Å². The van der Waals surface area contributed by atoms with E-state index in [-0.39, 0.29) is 0 Å². The van der Waals surface area contributed by atoms with Gasteiger partial charge in [0.25, 0.3) is 0 Å². The van der Waals surface area contributed by atoms with Gasteiger partial charge in [0.05, 0.1) is 7.11 Å². The maximum Gasteiger partial charge on any atom is 0.191 e. The van der Waals surface area contributed by atoms with E-state index in [4.69, 9.17) is 16.3 Å². The van der Waals surface area contributed by atoms with Crippen molar-refractivity contribution >= 4 is 17.6 Å². The molecule has 0 aromatic heterocycles. The fourth-order valence-electron chi connectivity index (χ4n) is 4.24. The number of likely N-dealkylation sites (tertiary alicyclic amines) is 1. The first-order valence-electron chi connectivity index (χ1n) is 10.2. The standard InChI is InChI=1S/C21H33ClN4O/c1-23-21(24-12-9-16-7-8-19(27-2)15-20(16)22)25-17-10-13-26(14-11-17)18-5-3-4-6-18/h7-8,15,17-18H,3-6,9-14H2,1-2H3,(H2,23,24,25). The van der Waals surface area contributed by atoms with Crippen LogP contribution in [-0.2, 0) is 6.42 Å². The Bertz CT molecular complexity index is 623. The third-order valence-electron chi connectivity index (χ3n) is 5.88. The molecule has 0 bridgehead atoms. The topological polar surface area (TPSA) is 48.9 Å². The first-order valence-corrected chi connectivity index (χ1v) is 10.6. The molecule has 5 nitrogen and oxygen atoms in total. The fourth-order valence-corrected chi connectivity index (χ4v) is 4.50. The molecule has 2 fully saturated rings. The fraction of sp³-hybridized carbons (Fsp3) is 0.667. The molecule has 6 heteroatoms. The Labute approximate surface area is 168 Å². The van der Waals surface area contributed by atoms with Crippen molar-refractivity contribution in [2.75, 3.05) is 33.8 Å². The normalized spacial score (nSPS) is 20.0. The minimum atomic E-state index is 0.512. The maximum atomic E-state index is 6.32. The smallest absolute Gasteiger partial charge is 0.191 e. The molecule has 1 saturated heterocycles. The van der Waals surface area contributed by atoms with Crippen LogP contribution in [0.25, 0.3) is 0 Å². The summed E-state index contributed by atoms with van der Waals surface area (Å²) in [5.74, 6) is 1.68. The Balaban J connectivity index is 1.39. The van der Waals surface area contributed by atoms with E-state index >= 15 is 0 Å². The van der Waals surface area contributed by atoms with Gasteiger partial charge in [0.15, 0.2) is 5.96 Å². The molecule has 1 saturated carbocycles. The first kappa shape index (κ1) is 20.3. The van der Waals surface area contributed by atoms with E-state index in [0.29, 0.717) is 6.04 Å². The number of ether oxygens (including phenoxy) is 1. The van der Waals surface area contributed by atoms with E-state index in [9.17, 15) is 0 Å². The summed E-state index contributed by atoms with van der Waals surface area (Å²) in [7, 11) is 3.49. The van der Waals surface area contributed by atoms with Crippen molar-refractivity contribution in [1.82, 2.24) is 15.5 Å². The van der Waals surface area contributed by atoms with E-state index in [1.54, 1.807) is 7.11 Å². The largest absolute Gasteiger partial charge is 0.497 e. The van der Waals surface area contributed by atoms with Crippen molar-refractivity contribution in [2.45, 2.75) is 57.0 Å². The predicted molar refractivity (Wildman–Crippen MR) is 113 cm³/mol. The zero-order valence-electron chi connectivity index (χ0n) is 16.6. The average Bonchev–Trinajstić information content (AvgIpc) is 3.23. The summed E-state index contributed by atoms with van der Waals surface area (Å²) in [5.41, 5.74) is 1.12. The Hall–Kier alpha value is -1.46. The van der Waals surface area contributed by atoms with Crippen LogP contribution in [0.4, 0.5) is 0 Å². The highest BCUT2D eigenvalue weighted by atomic mass is 35.5. The van der Waals surface area contributed by atoms with Crippen molar-refractivity contribution in [3.8, 4) is 5.75 Å². The lowest BCUT2D eigenvalue weighted by Crippen LogP contribution is -2.50. The van der Waals surface area contributed by atoms with Crippen molar-refractivity contribution in [3.05, 3.63) is 28.8 Å². The number of halogens is 1. The monoisotopic (exact) mass is 392 g/mol. The average molecular weight is 393 g/mol. The van der Waals surface area contributed by atoms with E-state index in [2.05, 4.69) is 20.5 Å². The van der Waals surface area contributed by atoms with E-state index < -0.39 is 0 Å². The predicted octanol–water partition coefficient (Wildman–Crippen LogP) is 3.46.